The summed E-state index contributed by atoms with van der Waals surface area (Å²) in [7, 11) is 1.59. The number of methoxy groups -OCH3 is 1. The van der Waals surface area contributed by atoms with Crippen molar-refractivity contribution in [3.8, 4) is 5.88 Å². The number of carbonyl (C=O) groups excluding carboxylic acids is 1. The molecule has 124 valence electrons. The summed E-state index contributed by atoms with van der Waals surface area (Å²) in [4.78, 5) is 15.0. The van der Waals surface area contributed by atoms with Crippen molar-refractivity contribution in [3.63, 3.8) is 0 Å². The molecule has 1 amide bonds. The number of hydrogen-bond donors (Lipinski definition) is 1. The van der Waals surface area contributed by atoms with Gasteiger partial charge in [-0.2, -0.15) is 5.10 Å². The molecular formula is C16H28N4O2. The fourth-order valence-corrected chi connectivity index (χ4v) is 3.17. The van der Waals surface area contributed by atoms with Gasteiger partial charge in [-0.1, -0.05) is 6.92 Å². The predicted octanol–water partition coefficient (Wildman–Crippen LogP) is 2.00. The molecule has 1 N–H and O–H groups in total. The third kappa shape index (κ3) is 3.27. The number of aryl methyl sites for hydroxylation is 1. The van der Waals surface area contributed by atoms with Crippen molar-refractivity contribution in [2.45, 2.75) is 52.6 Å². The molecule has 0 bridgehead atoms. The minimum atomic E-state index is -0.0933. The second-order valence-electron chi connectivity index (χ2n) is 6.14. The Bertz CT molecular complexity index is 524. The van der Waals surface area contributed by atoms with Gasteiger partial charge in [0.15, 0.2) is 0 Å². The lowest BCUT2D eigenvalue weighted by Gasteiger charge is -2.22. The molecule has 1 unspecified atom stereocenters. The number of hydrogen-bond acceptors (Lipinski definition) is 4. The highest BCUT2D eigenvalue weighted by Crippen LogP contribution is 2.25. The molecule has 1 aromatic heterocycles. The van der Waals surface area contributed by atoms with Crippen LogP contribution < -0.4 is 10.1 Å². The van der Waals surface area contributed by atoms with Crippen molar-refractivity contribution in [1.82, 2.24) is 20.0 Å². The molecule has 0 aliphatic carbocycles. The van der Waals surface area contributed by atoms with Gasteiger partial charge in [-0.3, -0.25) is 9.69 Å². The van der Waals surface area contributed by atoms with Gasteiger partial charge in [0.05, 0.1) is 18.8 Å². The van der Waals surface area contributed by atoms with E-state index in [9.17, 15) is 4.79 Å². The van der Waals surface area contributed by atoms with Gasteiger partial charge in [-0.05, 0) is 46.7 Å². The Labute approximate surface area is 132 Å². The van der Waals surface area contributed by atoms with Crippen molar-refractivity contribution in [3.05, 3.63) is 11.3 Å². The molecule has 1 aliphatic rings. The zero-order valence-corrected chi connectivity index (χ0v) is 14.3. The van der Waals surface area contributed by atoms with E-state index in [1.165, 1.54) is 6.42 Å². The molecule has 0 radical (unpaired) electrons. The van der Waals surface area contributed by atoms with Crippen molar-refractivity contribution in [2.75, 3.05) is 26.7 Å². The van der Waals surface area contributed by atoms with Crippen LogP contribution in [0.2, 0.25) is 0 Å². The van der Waals surface area contributed by atoms with E-state index in [0.29, 0.717) is 29.7 Å². The summed E-state index contributed by atoms with van der Waals surface area (Å²) in [6.45, 7) is 10.9. The molecule has 22 heavy (non-hydrogen) atoms. The van der Waals surface area contributed by atoms with E-state index in [2.05, 4.69) is 22.2 Å². The first-order valence-corrected chi connectivity index (χ1v) is 8.14. The highest BCUT2D eigenvalue weighted by molar-refractivity contribution is 5.97. The van der Waals surface area contributed by atoms with Gasteiger partial charge in [0.25, 0.3) is 5.91 Å². The first kappa shape index (κ1) is 16.8. The zero-order chi connectivity index (χ0) is 16.3. The fourth-order valence-electron chi connectivity index (χ4n) is 3.17. The summed E-state index contributed by atoms with van der Waals surface area (Å²) in [5.41, 5.74) is 1.26. The van der Waals surface area contributed by atoms with Crippen molar-refractivity contribution in [2.24, 2.45) is 0 Å². The Balaban J connectivity index is 2.09. The lowest BCUT2D eigenvalue weighted by molar-refractivity contribution is 0.0937. The lowest BCUT2D eigenvalue weighted by atomic mass is 10.2. The van der Waals surface area contributed by atoms with Crippen LogP contribution in [0, 0.1) is 6.92 Å². The molecule has 2 rings (SSSR count). The van der Waals surface area contributed by atoms with Gasteiger partial charge in [0.1, 0.15) is 5.56 Å². The van der Waals surface area contributed by atoms with E-state index in [1.54, 1.807) is 11.8 Å². The van der Waals surface area contributed by atoms with Gasteiger partial charge in [-0.15, -0.1) is 0 Å². The molecule has 1 aromatic rings. The van der Waals surface area contributed by atoms with Gasteiger partial charge < -0.3 is 10.1 Å². The van der Waals surface area contributed by atoms with E-state index in [1.807, 2.05) is 20.8 Å². The molecule has 1 fully saturated rings. The lowest BCUT2D eigenvalue weighted by Crippen LogP contribution is -2.40. The standard InChI is InChI=1S/C16H28N4O2/c1-6-19-9-7-8-13(19)10-17-15(21)14-12(4)18-20(11(2)3)16(14)22-5/h11,13H,6-10H2,1-5H3,(H,17,21). The monoisotopic (exact) mass is 308 g/mol. The molecular weight excluding hydrogens is 280 g/mol. The maximum absolute atomic E-state index is 12.6. The SMILES string of the molecule is CCN1CCCC1CNC(=O)c1c(C)nn(C(C)C)c1OC. The highest BCUT2D eigenvalue weighted by atomic mass is 16.5. The molecule has 0 saturated carbocycles. The number of nitrogens with one attached hydrogen (secondary N) is 1. The Hall–Kier alpha value is -1.56. The maximum atomic E-state index is 12.6. The Morgan fingerprint density at radius 2 is 2.23 bits per heavy atom. The van der Waals surface area contributed by atoms with Gasteiger partial charge in [-0.25, -0.2) is 4.68 Å². The summed E-state index contributed by atoms with van der Waals surface area (Å²) < 4.78 is 7.19. The Morgan fingerprint density at radius 3 is 2.82 bits per heavy atom. The van der Waals surface area contributed by atoms with Crippen molar-refractivity contribution < 1.29 is 9.53 Å². The number of aromatic nitrogens is 2. The molecule has 0 aromatic carbocycles. The average Bonchev–Trinajstić information content (AvgIpc) is 3.07. The number of nitrogens with zero attached hydrogens (tertiary/aromatic N) is 3. The average molecular weight is 308 g/mol. The minimum absolute atomic E-state index is 0.0933. The van der Waals surface area contributed by atoms with E-state index < -0.39 is 0 Å². The smallest absolute Gasteiger partial charge is 0.258 e. The first-order chi connectivity index (χ1) is 10.5. The van der Waals surface area contributed by atoms with Crippen LogP contribution in [0.25, 0.3) is 0 Å². The largest absolute Gasteiger partial charge is 0.481 e. The summed E-state index contributed by atoms with van der Waals surface area (Å²) >= 11 is 0. The topological polar surface area (TPSA) is 59.4 Å². The number of ether oxygens (including phenoxy) is 1. The van der Waals surface area contributed by atoms with Crippen LogP contribution in [0.3, 0.4) is 0 Å². The quantitative estimate of drug-likeness (QED) is 0.873. The molecule has 1 aliphatic heterocycles. The molecule has 6 nitrogen and oxygen atoms in total. The first-order valence-electron chi connectivity index (χ1n) is 8.14. The molecule has 1 saturated heterocycles. The van der Waals surface area contributed by atoms with Crippen LogP contribution in [-0.2, 0) is 0 Å². The van der Waals surface area contributed by atoms with Crippen LogP contribution in [0.1, 0.15) is 55.7 Å². The molecule has 1 atom stereocenters. The summed E-state index contributed by atoms with van der Waals surface area (Å²) in [5, 5.41) is 7.49. The van der Waals surface area contributed by atoms with Gasteiger partial charge in [0.2, 0.25) is 5.88 Å². The van der Waals surface area contributed by atoms with E-state index >= 15 is 0 Å². The second-order valence-corrected chi connectivity index (χ2v) is 6.14. The number of rotatable bonds is 6. The number of carbonyl (C=O) groups is 1. The van der Waals surface area contributed by atoms with Crippen LogP contribution >= 0.6 is 0 Å². The Morgan fingerprint density at radius 1 is 1.50 bits per heavy atom. The van der Waals surface area contributed by atoms with E-state index in [4.69, 9.17) is 4.74 Å². The number of likely N-dealkylation sites (N-methyl/N-ethyl adjacent to an activating group) is 1. The number of likely N-dealkylation sites (tertiary alicyclic amines) is 1. The third-order valence-electron chi connectivity index (χ3n) is 4.35. The van der Waals surface area contributed by atoms with Crippen molar-refractivity contribution >= 4 is 5.91 Å². The molecule has 0 spiro atoms. The van der Waals surface area contributed by atoms with Gasteiger partial charge >= 0.3 is 0 Å². The second kappa shape index (κ2) is 7.13. The predicted molar refractivity (Wildman–Crippen MR) is 86.5 cm³/mol. The Kier molecular flexibility index (Phi) is 5.45. The highest BCUT2D eigenvalue weighted by Gasteiger charge is 2.26. The fraction of sp³-hybridized carbons (Fsp3) is 0.750. The van der Waals surface area contributed by atoms with E-state index in [-0.39, 0.29) is 11.9 Å². The van der Waals surface area contributed by atoms with Crippen LogP contribution in [0.5, 0.6) is 5.88 Å². The zero-order valence-electron chi connectivity index (χ0n) is 14.3. The number of amides is 1. The van der Waals surface area contributed by atoms with Crippen LogP contribution in [0.15, 0.2) is 0 Å². The summed E-state index contributed by atoms with van der Waals surface area (Å²) in [5.74, 6) is 0.452. The van der Waals surface area contributed by atoms with Gasteiger partial charge in [0, 0.05) is 12.6 Å². The molecule has 2 heterocycles. The third-order valence-corrected chi connectivity index (χ3v) is 4.35. The maximum Gasteiger partial charge on any atom is 0.258 e. The van der Waals surface area contributed by atoms with Crippen LogP contribution in [-0.4, -0.2) is 53.4 Å². The van der Waals surface area contributed by atoms with E-state index in [0.717, 1.165) is 19.5 Å². The van der Waals surface area contributed by atoms with Crippen molar-refractivity contribution in [1.29, 1.82) is 0 Å². The normalized spacial score (nSPS) is 18.9. The molecule has 6 heteroatoms. The summed E-state index contributed by atoms with van der Waals surface area (Å²) in [6, 6.07) is 0.598. The van der Waals surface area contributed by atoms with Crippen LogP contribution in [0.4, 0.5) is 0 Å². The minimum Gasteiger partial charge on any atom is -0.481 e. The summed E-state index contributed by atoms with van der Waals surface area (Å²) in [6.07, 6.45) is 2.36.